The summed E-state index contributed by atoms with van der Waals surface area (Å²) in [5, 5.41) is 4.75. The summed E-state index contributed by atoms with van der Waals surface area (Å²) in [6.45, 7) is 3.38. The number of carbonyl (C=O) groups excluding carboxylic acids is 2. The minimum absolute atomic E-state index is 0.0214. The van der Waals surface area contributed by atoms with E-state index in [9.17, 15) is 9.59 Å². The van der Waals surface area contributed by atoms with Crippen LogP contribution in [0, 0.1) is 0 Å². The lowest BCUT2D eigenvalue weighted by atomic mass is 10.2. The van der Waals surface area contributed by atoms with Gasteiger partial charge in [0.1, 0.15) is 6.04 Å². The molecule has 0 aliphatic carbocycles. The number of para-hydroxylation sites is 1. The molecule has 24 heavy (non-hydrogen) atoms. The van der Waals surface area contributed by atoms with Crippen molar-refractivity contribution in [2.45, 2.75) is 25.9 Å². The van der Waals surface area contributed by atoms with Crippen molar-refractivity contribution in [1.29, 1.82) is 0 Å². The molecule has 1 atom stereocenters. The Morgan fingerprint density at radius 3 is 2.88 bits per heavy atom. The second kappa shape index (κ2) is 7.44. The molecule has 1 saturated heterocycles. The van der Waals surface area contributed by atoms with Crippen LogP contribution in [-0.2, 0) is 11.3 Å². The van der Waals surface area contributed by atoms with Crippen molar-refractivity contribution in [1.82, 2.24) is 15.2 Å². The van der Waals surface area contributed by atoms with Gasteiger partial charge in [-0.3, -0.25) is 4.79 Å². The van der Waals surface area contributed by atoms with Gasteiger partial charge in [0.05, 0.1) is 17.7 Å². The molecule has 126 valence electrons. The zero-order valence-corrected chi connectivity index (χ0v) is 14.3. The van der Waals surface area contributed by atoms with Crippen LogP contribution in [0.25, 0.3) is 0 Å². The second-order valence-electron chi connectivity index (χ2n) is 5.55. The minimum atomic E-state index is -0.411. The third-order valence-corrected chi connectivity index (χ3v) is 4.76. The first-order chi connectivity index (χ1) is 11.7. The normalized spacial score (nSPS) is 17.1. The van der Waals surface area contributed by atoms with Crippen LogP contribution in [0.3, 0.4) is 0 Å². The van der Waals surface area contributed by atoms with Crippen LogP contribution < -0.4 is 10.2 Å². The maximum absolute atomic E-state index is 12.7. The van der Waals surface area contributed by atoms with E-state index >= 15 is 0 Å². The fourth-order valence-electron chi connectivity index (χ4n) is 2.92. The van der Waals surface area contributed by atoms with Gasteiger partial charge in [0, 0.05) is 24.2 Å². The summed E-state index contributed by atoms with van der Waals surface area (Å²) < 4.78 is 0. The number of aromatic nitrogens is 1. The Labute approximate surface area is 145 Å². The Morgan fingerprint density at radius 1 is 1.42 bits per heavy atom. The predicted octanol–water partition coefficient (Wildman–Crippen LogP) is 2.48. The second-order valence-corrected chi connectivity index (χ2v) is 6.27. The predicted molar refractivity (Wildman–Crippen MR) is 93.9 cm³/mol. The van der Waals surface area contributed by atoms with Gasteiger partial charge in [0.15, 0.2) is 0 Å². The van der Waals surface area contributed by atoms with Crippen LogP contribution in [0.15, 0.2) is 41.2 Å². The maximum Gasteiger partial charge on any atom is 0.318 e. The molecule has 7 heteroatoms. The first kappa shape index (κ1) is 16.4. The Bertz CT molecular complexity index is 690. The number of hydrogen-bond acceptors (Lipinski definition) is 4. The Morgan fingerprint density at radius 2 is 2.21 bits per heavy atom. The lowest BCUT2D eigenvalue weighted by molar-refractivity contribution is -0.120. The summed E-state index contributed by atoms with van der Waals surface area (Å²) >= 11 is 1.49. The minimum Gasteiger partial charge on any atom is -0.332 e. The summed E-state index contributed by atoms with van der Waals surface area (Å²) in [6.07, 6.45) is 0.645. The van der Waals surface area contributed by atoms with Gasteiger partial charge in [0.25, 0.3) is 0 Å². The molecule has 0 spiro atoms. The molecule has 1 unspecified atom stereocenters. The van der Waals surface area contributed by atoms with Crippen LogP contribution >= 0.6 is 11.3 Å². The molecule has 1 N–H and O–H groups in total. The highest BCUT2D eigenvalue weighted by atomic mass is 32.1. The van der Waals surface area contributed by atoms with Crippen molar-refractivity contribution in [2.75, 3.05) is 18.0 Å². The van der Waals surface area contributed by atoms with Crippen molar-refractivity contribution in [3.05, 3.63) is 46.9 Å². The van der Waals surface area contributed by atoms with E-state index < -0.39 is 6.04 Å². The van der Waals surface area contributed by atoms with E-state index in [1.165, 1.54) is 11.3 Å². The number of carbonyl (C=O) groups is 2. The quantitative estimate of drug-likeness (QED) is 0.906. The summed E-state index contributed by atoms with van der Waals surface area (Å²) in [6, 6.07) is 8.94. The average Bonchev–Trinajstić information content (AvgIpc) is 3.25. The summed E-state index contributed by atoms with van der Waals surface area (Å²) in [7, 11) is 0. The first-order valence-electron chi connectivity index (χ1n) is 7.98. The number of thiazole rings is 1. The highest BCUT2D eigenvalue weighted by Crippen LogP contribution is 2.24. The number of urea groups is 1. The molecular formula is C17H20N4O2S. The maximum atomic E-state index is 12.7. The zero-order chi connectivity index (χ0) is 16.9. The van der Waals surface area contributed by atoms with Crippen LogP contribution in [-0.4, -0.2) is 41.0 Å². The van der Waals surface area contributed by atoms with Crippen LogP contribution in [0.1, 0.15) is 19.0 Å². The molecule has 1 aliphatic rings. The van der Waals surface area contributed by atoms with Gasteiger partial charge in [-0.05, 0) is 25.5 Å². The fourth-order valence-corrected chi connectivity index (χ4v) is 3.47. The summed E-state index contributed by atoms with van der Waals surface area (Å²) in [5.41, 5.74) is 3.44. The van der Waals surface area contributed by atoms with Crippen molar-refractivity contribution in [2.24, 2.45) is 0 Å². The molecule has 0 radical (unpaired) electrons. The average molecular weight is 344 g/mol. The number of likely N-dealkylation sites (N-methyl/N-ethyl adjacent to an activating group) is 1. The highest BCUT2D eigenvalue weighted by molar-refractivity contribution is 7.07. The van der Waals surface area contributed by atoms with Crippen molar-refractivity contribution in [3.63, 3.8) is 0 Å². The van der Waals surface area contributed by atoms with Crippen molar-refractivity contribution in [3.8, 4) is 0 Å². The molecule has 1 aliphatic heterocycles. The van der Waals surface area contributed by atoms with E-state index in [-0.39, 0.29) is 11.9 Å². The van der Waals surface area contributed by atoms with Crippen molar-refractivity contribution >= 4 is 29.0 Å². The third kappa shape index (κ3) is 3.41. The number of amides is 3. The van der Waals surface area contributed by atoms with Gasteiger partial charge in [-0.25, -0.2) is 9.78 Å². The van der Waals surface area contributed by atoms with E-state index in [2.05, 4.69) is 10.3 Å². The van der Waals surface area contributed by atoms with Crippen molar-refractivity contribution < 1.29 is 9.59 Å². The van der Waals surface area contributed by atoms with Crippen LogP contribution in [0.2, 0.25) is 0 Å². The van der Waals surface area contributed by atoms with Gasteiger partial charge in [-0.15, -0.1) is 11.3 Å². The molecule has 0 bridgehead atoms. The Kier molecular flexibility index (Phi) is 5.10. The van der Waals surface area contributed by atoms with Gasteiger partial charge in [0.2, 0.25) is 5.91 Å². The molecule has 3 rings (SSSR count). The Hall–Kier alpha value is -2.41. The van der Waals surface area contributed by atoms with E-state index in [1.807, 2.05) is 42.6 Å². The van der Waals surface area contributed by atoms with E-state index in [1.54, 1.807) is 15.3 Å². The number of anilines is 1. The summed E-state index contributed by atoms with van der Waals surface area (Å²) in [4.78, 5) is 32.7. The molecule has 1 fully saturated rings. The third-order valence-electron chi connectivity index (χ3n) is 4.13. The lowest BCUT2D eigenvalue weighted by Crippen LogP contribution is -2.49. The topological polar surface area (TPSA) is 65.5 Å². The highest BCUT2D eigenvalue weighted by Gasteiger charge is 2.38. The summed E-state index contributed by atoms with van der Waals surface area (Å²) in [5.74, 6) is -0.0214. The van der Waals surface area contributed by atoms with E-state index in [4.69, 9.17) is 0 Å². The molecular weight excluding hydrogens is 324 g/mol. The number of nitrogens with zero attached hydrogens (tertiary/aromatic N) is 3. The van der Waals surface area contributed by atoms with Gasteiger partial charge < -0.3 is 15.1 Å². The smallest absolute Gasteiger partial charge is 0.318 e. The monoisotopic (exact) mass is 344 g/mol. The molecule has 2 aromatic rings. The molecule has 1 aromatic carbocycles. The van der Waals surface area contributed by atoms with E-state index in [0.717, 1.165) is 11.4 Å². The number of benzene rings is 1. The molecule has 3 amide bonds. The standard InChI is InChI=1S/C17H20N4O2S/c1-2-20(17(23)18-10-13-11-24-12-19-13)15-8-9-21(16(15)22)14-6-4-3-5-7-14/h3-7,11-12,15H,2,8-10H2,1H3,(H,18,23). The fraction of sp³-hybridized carbons (Fsp3) is 0.353. The number of rotatable bonds is 5. The van der Waals surface area contributed by atoms with Gasteiger partial charge >= 0.3 is 6.03 Å². The van der Waals surface area contributed by atoms with Gasteiger partial charge in [-0.1, -0.05) is 18.2 Å². The Balaban J connectivity index is 1.65. The van der Waals surface area contributed by atoms with Crippen LogP contribution in [0.5, 0.6) is 0 Å². The van der Waals surface area contributed by atoms with E-state index in [0.29, 0.717) is 26.1 Å². The largest absolute Gasteiger partial charge is 0.332 e. The van der Waals surface area contributed by atoms with Crippen LogP contribution in [0.4, 0.5) is 10.5 Å². The zero-order valence-electron chi connectivity index (χ0n) is 13.5. The first-order valence-corrected chi connectivity index (χ1v) is 8.93. The SMILES string of the molecule is CCN(C(=O)NCc1cscn1)C1CCN(c2ccccc2)C1=O. The molecule has 6 nitrogen and oxygen atoms in total. The number of nitrogens with one attached hydrogen (secondary N) is 1. The lowest BCUT2D eigenvalue weighted by Gasteiger charge is -2.27. The number of hydrogen-bond donors (Lipinski definition) is 1. The van der Waals surface area contributed by atoms with Gasteiger partial charge in [-0.2, -0.15) is 0 Å². The molecule has 0 saturated carbocycles. The molecule has 1 aromatic heterocycles. The molecule has 2 heterocycles.